The number of hydrogen-bond acceptors (Lipinski definition) is 2. The van der Waals surface area contributed by atoms with Gasteiger partial charge in [0.15, 0.2) is 6.10 Å². The first-order valence-corrected chi connectivity index (χ1v) is 5.23. The van der Waals surface area contributed by atoms with E-state index in [1.807, 2.05) is 24.3 Å². The average molecular weight is 215 g/mol. The van der Waals surface area contributed by atoms with Crippen molar-refractivity contribution in [1.29, 1.82) is 0 Å². The first-order valence-electron chi connectivity index (χ1n) is 5.23. The lowest BCUT2D eigenvalue weighted by molar-refractivity contribution is -0.133. The van der Waals surface area contributed by atoms with Gasteiger partial charge < -0.3 is 10.1 Å². The van der Waals surface area contributed by atoms with Gasteiger partial charge in [0.1, 0.15) is 0 Å². The van der Waals surface area contributed by atoms with Crippen LogP contribution < -0.4 is 5.32 Å². The molecule has 0 radical (unpaired) electrons. The summed E-state index contributed by atoms with van der Waals surface area (Å²) in [7, 11) is 0. The van der Waals surface area contributed by atoms with Crippen LogP contribution in [0.1, 0.15) is 17.2 Å². The number of rotatable bonds is 2. The summed E-state index contributed by atoms with van der Waals surface area (Å²) in [6, 6.07) is 7.84. The highest BCUT2D eigenvalue weighted by atomic mass is 16.5. The Morgan fingerprint density at radius 3 is 3.19 bits per heavy atom. The van der Waals surface area contributed by atoms with Gasteiger partial charge in [-0.2, -0.15) is 0 Å². The van der Waals surface area contributed by atoms with Gasteiger partial charge in [0.05, 0.1) is 13.2 Å². The summed E-state index contributed by atoms with van der Waals surface area (Å²) < 4.78 is 5.48. The highest BCUT2D eigenvalue weighted by molar-refractivity contribution is 5.83. The number of carbonyl (C=O) groups excluding carboxylic acids is 1. The molecular weight excluding hydrogens is 202 g/mol. The van der Waals surface area contributed by atoms with Crippen molar-refractivity contribution in [1.82, 2.24) is 5.32 Å². The minimum absolute atomic E-state index is 0.162. The summed E-state index contributed by atoms with van der Waals surface area (Å²) in [5.41, 5.74) is 2.12. The Hall–Kier alpha value is -1.79. The van der Waals surface area contributed by atoms with Crippen LogP contribution in [0.3, 0.4) is 0 Å². The standard InChI is InChI=1S/C13H13NO2/c1-2-8-14-13(15)12-11-6-4-3-5-10(11)7-9-16-12/h1,3-6,12H,7-9H2,(H,14,15). The third-order valence-corrected chi connectivity index (χ3v) is 2.60. The van der Waals surface area contributed by atoms with Gasteiger partial charge >= 0.3 is 0 Å². The van der Waals surface area contributed by atoms with Gasteiger partial charge in [-0.15, -0.1) is 6.42 Å². The van der Waals surface area contributed by atoms with Gasteiger partial charge in [-0.3, -0.25) is 4.79 Å². The van der Waals surface area contributed by atoms with Crippen LogP contribution in [-0.4, -0.2) is 19.1 Å². The lowest BCUT2D eigenvalue weighted by atomic mass is 9.97. The van der Waals surface area contributed by atoms with Crippen molar-refractivity contribution in [2.75, 3.05) is 13.2 Å². The summed E-state index contributed by atoms with van der Waals surface area (Å²) >= 11 is 0. The molecule has 0 aliphatic carbocycles. The molecule has 1 heterocycles. The zero-order chi connectivity index (χ0) is 11.4. The number of hydrogen-bond donors (Lipinski definition) is 1. The van der Waals surface area contributed by atoms with E-state index in [1.54, 1.807) is 0 Å². The molecule has 3 nitrogen and oxygen atoms in total. The predicted molar refractivity (Wildman–Crippen MR) is 60.7 cm³/mol. The van der Waals surface area contributed by atoms with E-state index in [9.17, 15) is 4.79 Å². The number of amides is 1. The summed E-state index contributed by atoms with van der Waals surface area (Å²) in [4.78, 5) is 11.8. The number of terminal acetylenes is 1. The SMILES string of the molecule is C#CCNC(=O)C1OCCc2ccccc21. The molecule has 2 rings (SSSR count). The number of carbonyl (C=O) groups is 1. The van der Waals surface area contributed by atoms with Crippen LogP contribution in [0.25, 0.3) is 0 Å². The highest BCUT2D eigenvalue weighted by Gasteiger charge is 2.26. The molecule has 16 heavy (non-hydrogen) atoms. The summed E-state index contributed by atoms with van der Waals surface area (Å²) in [5, 5.41) is 2.64. The maximum absolute atomic E-state index is 11.8. The number of benzene rings is 1. The first-order chi connectivity index (χ1) is 7.83. The van der Waals surface area contributed by atoms with Gasteiger partial charge in [-0.1, -0.05) is 30.2 Å². The van der Waals surface area contributed by atoms with Crippen molar-refractivity contribution in [2.24, 2.45) is 0 Å². The van der Waals surface area contributed by atoms with Crippen LogP contribution in [0.15, 0.2) is 24.3 Å². The third kappa shape index (κ3) is 2.07. The minimum atomic E-state index is -0.515. The van der Waals surface area contributed by atoms with Gasteiger partial charge in [0, 0.05) is 0 Å². The smallest absolute Gasteiger partial charge is 0.254 e. The van der Waals surface area contributed by atoms with Gasteiger partial charge in [-0.25, -0.2) is 0 Å². The first kappa shape index (κ1) is 10.7. The Kier molecular flexibility index (Phi) is 3.23. The van der Waals surface area contributed by atoms with Crippen LogP contribution in [0.5, 0.6) is 0 Å². The molecule has 0 spiro atoms. The Balaban J connectivity index is 2.19. The predicted octanol–water partition coefficient (Wildman–Crippen LogP) is 1.05. The van der Waals surface area contributed by atoms with E-state index in [-0.39, 0.29) is 12.5 Å². The van der Waals surface area contributed by atoms with Crippen molar-refractivity contribution in [3.05, 3.63) is 35.4 Å². The van der Waals surface area contributed by atoms with Crippen molar-refractivity contribution >= 4 is 5.91 Å². The van der Waals surface area contributed by atoms with Crippen molar-refractivity contribution in [2.45, 2.75) is 12.5 Å². The molecule has 0 saturated heterocycles. The van der Waals surface area contributed by atoms with E-state index in [2.05, 4.69) is 11.2 Å². The van der Waals surface area contributed by atoms with Gasteiger partial charge in [-0.05, 0) is 17.5 Å². The molecule has 82 valence electrons. The number of nitrogens with one attached hydrogen (secondary N) is 1. The average Bonchev–Trinajstić information content (AvgIpc) is 2.35. The zero-order valence-corrected chi connectivity index (χ0v) is 8.90. The highest BCUT2D eigenvalue weighted by Crippen LogP contribution is 2.26. The van der Waals surface area contributed by atoms with Crippen molar-refractivity contribution in [3.8, 4) is 12.3 Å². The van der Waals surface area contributed by atoms with E-state index >= 15 is 0 Å². The maximum Gasteiger partial charge on any atom is 0.254 e. The maximum atomic E-state index is 11.8. The molecule has 0 fully saturated rings. The third-order valence-electron chi connectivity index (χ3n) is 2.60. The Labute approximate surface area is 94.8 Å². The summed E-state index contributed by atoms with van der Waals surface area (Å²) in [5.74, 6) is 2.21. The number of ether oxygens (including phenoxy) is 1. The Morgan fingerprint density at radius 1 is 1.56 bits per heavy atom. The second-order valence-corrected chi connectivity index (χ2v) is 3.62. The van der Waals surface area contributed by atoms with Crippen LogP contribution in [-0.2, 0) is 16.0 Å². The lowest BCUT2D eigenvalue weighted by Crippen LogP contribution is -2.33. The zero-order valence-electron chi connectivity index (χ0n) is 8.90. The topological polar surface area (TPSA) is 38.3 Å². The molecule has 1 aromatic carbocycles. The molecule has 1 aliphatic rings. The van der Waals surface area contributed by atoms with E-state index < -0.39 is 6.10 Å². The Bertz CT molecular complexity index is 434. The fourth-order valence-electron chi connectivity index (χ4n) is 1.84. The molecule has 1 atom stereocenters. The van der Waals surface area contributed by atoms with Gasteiger partial charge in [0.25, 0.3) is 5.91 Å². The molecule has 1 N–H and O–H groups in total. The van der Waals surface area contributed by atoms with E-state index in [0.29, 0.717) is 6.61 Å². The quantitative estimate of drug-likeness (QED) is 0.749. The molecule has 1 amide bonds. The molecule has 3 heteroatoms. The molecule has 0 saturated carbocycles. The monoisotopic (exact) mass is 215 g/mol. The fraction of sp³-hybridized carbons (Fsp3) is 0.308. The van der Waals surface area contributed by atoms with E-state index in [4.69, 9.17) is 11.2 Å². The molecule has 1 unspecified atom stereocenters. The fourth-order valence-corrected chi connectivity index (χ4v) is 1.84. The second kappa shape index (κ2) is 4.82. The molecular formula is C13H13NO2. The van der Waals surface area contributed by atoms with E-state index in [1.165, 1.54) is 5.56 Å². The Morgan fingerprint density at radius 2 is 2.38 bits per heavy atom. The molecule has 0 bridgehead atoms. The van der Waals surface area contributed by atoms with Gasteiger partial charge in [0.2, 0.25) is 0 Å². The normalized spacial score (nSPS) is 18.3. The van der Waals surface area contributed by atoms with Crippen molar-refractivity contribution in [3.63, 3.8) is 0 Å². The number of fused-ring (bicyclic) bond motifs is 1. The largest absolute Gasteiger partial charge is 0.363 e. The molecule has 1 aliphatic heterocycles. The molecule has 1 aromatic rings. The van der Waals surface area contributed by atoms with Crippen LogP contribution >= 0.6 is 0 Å². The van der Waals surface area contributed by atoms with Crippen molar-refractivity contribution < 1.29 is 9.53 Å². The minimum Gasteiger partial charge on any atom is -0.363 e. The lowest BCUT2D eigenvalue weighted by Gasteiger charge is -2.24. The summed E-state index contributed by atoms with van der Waals surface area (Å²) in [6.45, 7) is 0.812. The molecule has 0 aromatic heterocycles. The van der Waals surface area contributed by atoms with Crippen LogP contribution in [0.4, 0.5) is 0 Å². The van der Waals surface area contributed by atoms with E-state index in [0.717, 1.165) is 12.0 Å². The second-order valence-electron chi connectivity index (χ2n) is 3.62. The van der Waals surface area contributed by atoms with Crippen LogP contribution in [0.2, 0.25) is 0 Å². The summed E-state index contributed by atoms with van der Waals surface area (Å²) in [6.07, 6.45) is 5.44. The van der Waals surface area contributed by atoms with Crippen LogP contribution in [0, 0.1) is 12.3 Å².